The largest absolute Gasteiger partial charge is 0.378 e. The summed E-state index contributed by atoms with van der Waals surface area (Å²) >= 11 is 0. The van der Waals surface area contributed by atoms with Crippen molar-refractivity contribution >= 4 is 23.2 Å². The van der Waals surface area contributed by atoms with E-state index in [1.807, 2.05) is 9.80 Å². The van der Waals surface area contributed by atoms with Gasteiger partial charge in [-0.1, -0.05) is 0 Å². The molecule has 3 heterocycles. The van der Waals surface area contributed by atoms with Gasteiger partial charge >= 0.3 is 5.69 Å². The first-order valence-electron chi connectivity index (χ1n) is 8.01. The Balaban J connectivity index is 1.72. The number of likely N-dealkylation sites (tertiary alicyclic amines) is 1. The number of carbonyl (C=O) groups excluding carboxylic acids is 1. The molecule has 2 N–H and O–H groups in total. The predicted molar refractivity (Wildman–Crippen MR) is 86.1 cm³/mol. The molecule has 0 radical (unpaired) electrons. The number of piperidine rings is 1. The van der Waals surface area contributed by atoms with Gasteiger partial charge in [0, 0.05) is 32.2 Å². The highest BCUT2D eigenvalue weighted by Crippen LogP contribution is 2.27. The fourth-order valence-corrected chi connectivity index (χ4v) is 3.37. The van der Waals surface area contributed by atoms with E-state index in [-0.39, 0.29) is 23.3 Å². The summed E-state index contributed by atoms with van der Waals surface area (Å²) in [4.78, 5) is 30.9. The molecule has 8 nitrogen and oxygen atoms in total. The molecule has 2 aliphatic rings. The van der Waals surface area contributed by atoms with Crippen LogP contribution in [-0.4, -0.2) is 46.9 Å². The van der Waals surface area contributed by atoms with Crippen LogP contribution in [0.2, 0.25) is 0 Å². The van der Waals surface area contributed by atoms with Crippen LogP contribution in [0.3, 0.4) is 0 Å². The molecule has 1 amide bonds. The number of carbonyl (C=O) groups is 1. The van der Waals surface area contributed by atoms with Crippen molar-refractivity contribution in [3.05, 3.63) is 22.2 Å². The Morgan fingerprint density at radius 3 is 2.65 bits per heavy atom. The zero-order valence-corrected chi connectivity index (χ0v) is 13.0. The lowest BCUT2D eigenvalue weighted by atomic mass is 9.96. The first-order chi connectivity index (χ1) is 11.1. The summed E-state index contributed by atoms with van der Waals surface area (Å²) in [6.45, 7) is 3.10. The second-order valence-electron chi connectivity index (χ2n) is 6.15. The van der Waals surface area contributed by atoms with Gasteiger partial charge in [0.2, 0.25) is 11.7 Å². The molecule has 2 saturated heterocycles. The fourth-order valence-electron chi connectivity index (χ4n) is 3.37. The SMILES string of the molecule is Nc1nc(N2CCCC(C(=O)N3CCCC3)C2)ccc1[N+](=O)[O-]. The van der Waals surface area contributed by atoms with Crippen molar-refractivity contribution in [2.75, 3.05) is 36.8 Å². The van der Waals surface area contributed by atoms with Crippen LogP contribution in [0.15, 0.2) is 12.1 Å². The van der Waals surface area contributed by atoms with E-state index in [0.717, 1.165) is 45.3 Å². The van der Waals surface area contributed by atoms with E-state index < -0.39 is 4.92 Å². The van der Waals surface area contributed by atoms with Gasteiger partial charge in [0.05, 0.1) is 10.8 Å². The van der Waals surface area contributed by atoms with Gasteiger partial charge in [-0.2, -0.15) is 0 Å². The van der Waals surface area contributed by atoms with Crippen molar-refractivity contribution in [2.45, 2.75) is 25.7 Å². The van der Waals surface area contributed by atoms with Crippen LogP contribution >= 0.6 is 0 Å². The standard InChI is InChI=1S/C15H21N5O3/c16-14-12(20(22)23)5-6-13(17-14)19-9-3-4-11(10-19)15(21)18-7-1-2-8-18/h5-6,11H,1-4,7-10H2,(H2,16,17). The summed E-state index contributed by atoms with van der Waals surface area (Å²) in [7, 11) is 0. The first-order valence-corrected chi connectivity index (χ1v) is 8.01. The zero-order chi connectivity index (χ0) is 16.4. The number of nitrogens with two attached hydrogens (primary N) is 1. The molecule has 23 heavy (non-hydrogen) atoms. The lowest BCUT2D eigenvalue weighted by Crippen LogP contribution is -2.44. The molecule has 1 aromatic heterocycles. The Morgan fingerprint density at radius 1 is 1.26 bits per heavy atom. The molecule has 2 fully saturated rings. The normalized spacial score (nSPS) is 21.5. The highest BCUT2D eigenvalue weighted by Gasteiger charge is 2.31. The second-order valence-corrected chi connectivity index (χ2v) is 6.15. The Morgan fingerprint density at radius 2 is 2.00 bits per heavy atom. The average molecular weight is 319 g/mol. The third-order valence-corrected chi connectivity index (χ3v) is 4.60. The minimum absolute atomic E-state index is 0.0277. The highest BCUT2D eigenvalue weighted by molar-refractivity contribution is 5.80. The molecule has 0 bridgehead atoms. The minimum atomic E-state index is -0.540. The molecule has 8 heteroatoms. The monoisotopic (exact) mass is 319 g/mol. The maximum absolute atomic E-state index is 12.6. The number of amides is 1. The van der Waals surface area contributed by atoms with Gasteiger partial charge < -0.3 is 15.5 Å². The summed E-state index contributed by atoms with van der Waals surface area (Å²) in [6, 6.07) is 2.99. The number of nitrogen functional groups attached to an aromatic ring is 1. The summed E-state index contributed by atoms with van der Waals surface area (Å²) in [5, 5.41) is 10.8. The summed E-state index contributed by atoms with van der Waals surface area (Å²) < 4.78 is 0. The van der Waals surface area contributed by atoms with Crippen LogP contribution in [0.5, 0.6) is 0 Å². The van der Waals surface area contributed by atoms with E-state index in [1.54, 1.807) is 6.07 Å². The predicted octanol–water partition coefficient (Wildman–Crippen LogP) is 1.41. The van der Waals surface area contributed by atoms with Gasteiger partial charge in [-0.25, -0.2) is 4.98 Å². The maximum Gasteiger partial charge on any atom is 0.311 e. The summed E-state index contributed by atoms with van der Waals surface area (Å²) in [6.07, 6.45) is 3.96. The van der Waals surface area contributed by atoms with Crippen LogP contribution in [0, 0.1) is 16.0 Å². The Labute approximate surface area is 134 Å². The number of hydrogen-bond acceptors (Lipinski definition) is 6. The second kappa shape index (κ2) is 6.39. The molecule has 3 rings (SSSR count). The Hall–Kier alpha value is -2.38. The third-order valence-electron chi connectivity index (χ3n) is 4.60. The molecule has 0 spiro atoms. The quantitative estimate of drug-likeness (QED) is 0.667. The minimum Gasteiger partial charge on any atom is -0.378 e. The van der Waals surface area contributed by atoms with Crippen LogP contribution in [0.4, 0.5) is 17.3 Å². The van der Waals surface area contributed by atoms with E-state index >= 15 is 0 Å². The smallest absolute Gasteiger partial charge is 0.311 e. The van der Waals surface area contributed by atoms with Gasteiger partial charge in [0.1, 0.15) is 5.82 Å². The third kappa shape index (κ3) is 3.20. The van der Waals surface area contributed by atoms with Gasteiger partial charge in [-0.05, 0) is 31.7 Å². The Kier molecular flexibility index (Phi) is 4.31. The van der Waals surface area contributed by atoms with E-state index in [9.17, 15) is 14.9 Å². The number of rotatable bonds is 3. The molecule has 2 aliphatic heterocycles. The van der Waals surface area contributed by atoms with E-state index in [0.29, 0.717) is 12.4 Å². The summed E-state index contributed by atoms with van der Waals surface area (Å²) in [5.41, 5.74) is 5.48. The maximum atomic E-state index is 12.6. The van der Waals surface area contributed by atoms with Crippen molar-refractivity contribution in [1.82, 2.24) is 9.88 Å². The number of hydrogen-bond donors (Lipinski definition) is 1. The van der Waals surface area contributed by atoms with Crippen LogP contribution < -0.4 is 10.6 Å². The van der Waals surface area contributed by atoms with Crippen LogP contribution in [0.1, 0.15) is 25.7 Å². The topological polar surface area (TPSA) is 106 Å². The van der Waals surface area contributed by atoms with Crippen LogP contribution in [0.25, 0.3) is 0 Å². The number of pyridine rings is 1. The zero-order valence-electron chi connectivity index (χ0n) is 13.0. The first kappa shape index (κ1) is 15.5. The number of nitrogens with zero attached hydrogens (tertiary/aromatic N) is 4. The molecule has 1 atom stereocenters. The summed E-state index contributed by atoms with van der Waals surface area (Å²) in [5.74, 6) is 0.717. The molecule has 124 valence electrons. The molecular formula is C15H21N5O3. The lowest BCUT2D eigenvalue weighted by molar-refractivity contribution is -0.384. The average Bonchev–Trinajstić information content (AvgIpc) is 3.08. The molecule has 1 aromatic rings. The molecule has 0 aliphatic carbocycles. The number of aromatic nitrogens is 1. The van der Waals surface area contributed by atoms with Crippen molar-refractivity contribution in [3.8, 4) is 0 Å². The molecule has 1 unspecified atom stereocenters. The van der Waals surface area contributed by atoms with Gasteiger partial charge in [-0.3, -0.25) is 14.9 Å². The lowest BCUT2D eigenvalue weighted by Gasteiger charge is -2.34. The van der Waals surface area contributed by atoms with E-state index in [4.69, 9.17) is 5.73 Å². The van der Waals surface area contributed by atoms with Crippen molar-refractivity contribution in [3.63, 3.8) is 0 Å². The highest BCUT2D eigenvalue weighted by atomic mass is 16.6. The number of anilines is 2. The Bertz CT molecular complexity index is 615. The van der Waals surface area contributed by atoms with Crippen LogP contribution in [-0.2, 0) is 4.79 Å². The molecule has 0 aromatic carbocycles. The number of nitro groups is 1. The van der Waals surface area contributed by atoms with Crippen molar-refractivity contribution < 1.29 is 9.72 Å². The van der Waals surface area contributed by atoms with Gasteiger partial charge in [0.25, 0.3) is 0 Å². The van der Waals surface area contributed by atoms with Gasteiger partial charge in [-0.15, -0.1) is 0 Å². The van der Waals surface area contributed by atoms with Gasteiger partial charge in [0.15, 0.2) is 0 Å². The van der Waals surface area contributed by atoms with Crippen molar-refractivity contribution in [2.24, 2.45) is 5.92 Å². The molecule has 0 saturated carbocycles. The van der Waals surface area contributed by atoms with E-state index in [1.165, 1.54) is 6.07 Å². The fraction of sp³-hybridized carbons (Fsp3) is 0.600. The molecular weight excluding hydrogens is 298 g/mol. The van der Waals surface area contributed by atoms with Crippen molar-refractivity contribution in [1.29, 1.82) is 0 Å². The van der Waals surface area contributed by atoms with E-state index in [2.05, 4.69) is 4.98 Å².